The van der Waals surface area contributed by atoms with Crippen LogP contribution >= 0.6 is 0 Å². The first kappa shape index (κ1) is 31.2. The van der Waals surface area contributed by atoms with Crippen molar-refractivity contribution in [2.75, 3.05) is 26.9 Å². The first-order valence-electron chi connectivity index (χ1n) is 15.6. The lowest BCUT2D eigenvalue weighted by atomic mass is 9.93. The van der Waals surface area contributed by atoms with Crippen LogP contribution < -0.4 is 4.74 Å². The van der Waals surface area contributed by atoms with Crippen molar-refractivity contribution in [3.05, 3.63) is 136 Å². The van der Waals surface area contributed by atoms with Gasteiger partial charge in [-0.1, -0.05) is 97.9 Å². The van der Waals surface area contributed by atoms with Gasteiger partial charge in [-0.25, -0.2) is 4.79 Å². The SMILES string of the molecule is CCOC(=O)C(Cc1ccc(OCCOC2c3ccc(CC)cc3C=Cc3cc(CCc4ccccc4)ccc32)cc1)OC. The van der Waals surface area contributed by atoms with E-state index in [-0.39, 0.29) is 12.1 Å². The standard InChI is InChI=1S/C39H42O5/c1-4-28-15-21-35-32(25-28)17-18-33-26-30(12-11-29-9-7-6-8-10-29)16-22-36(33)38(35)44-24-23-43-34-19-13-31(14-20-34)27-37(41-3)39(40)42-5-2/h6-10,13-22,25-26,37-38H,4-5,11-12,23-24,27H2,1-3H3. The Morgan fingerprint density at radius 3 is 2.02 bits per heavy atom. The zero-order chi connectivity index (χ0) is 30.7. The first-order chi connectivity index (χ1) is 21.6. The van der Waals surface area contributed by atoms with Crippen LogP contribution in [0.1, 0.15) is 64.5 Å². The van der Waals surface area contributed by atoms with Crippen molar-refractivity contribution in [1.82, 2.24) is 0 Å². The molecule has 0 spiro atoms. The molecule has 228 valence electrons. The fraction of sp³-hybridized carbons (Fsp3) is 0.308. The summed E-state index contributed by atoms with van der Waals surface area (Å²) in [6, 6.07) is 31.8. The molecule has 0 saturated heterocycles. The Kier molecular flexibility index (Phi) is 11.0. The van der Waals surface area contributed by atoms with Crippen LogP contribution in [0.3, 0.4) is 0 Å². The van der Waals surface area contributed by atoms with Crippen LogP contribution in [0.25, 0.3) is 12.2 Å². The summed E-state index contributed by atoms with van der Waals surface area (Å²) in [7, 11) is 1.52. The third-order valence-corrected chi connectivity index (χ3v) is 8.08. The average Bonchev–Trinajstić information content (AvgIpc) is 3.21. The van der Waals surface area contributed by atoms with Crippen LogP contribution in [-0.4, -0.2) is 39.0 Å². The Balaban J connectivity index is 1.25. The van der Waals surface area contributed by atoms with Gasteiger partial charge in [-0.2, -0.15) is 0 Å². The molecule has 2 atom stereocenters. The van der Waals surface area contributed by atoms with E-state index in [1.54, 1.807) is 6.92 Å². The van der Waals surface area contributed by atoms with Crippen LogP contribution in [0, 0.1) is 0 Å². The van der Waals surface area contributed by atoms with Gasteiger partial charge in [0.15, 0.2) is 6.10 Å². The Labute approximate surface area is 261 Å². The minimum Gasteiger partial charge on any atom is -0.491 e. The number of rotatable bonds is 14. The summed E-state index contributed by atoms with van der Waals surface area (Å²) in [5.41, 5.74) is 9.70. The normalized spacial score (nSPS) is 14.3. The maximum atomic E-state index is 12.1. The van der Waals surface area contributed by atoms with E-state index in [1.165, 1.54) is 46.1 Å². The second-order valence-corrected chi connectivity index (χ2v) is 11.0. The van der Waals surface area contributed by atoms with Gasteiger partial charge in [-0.3, -0.25) is 0 Å². The minimum absolute atomic E-state index is 0.191. The molecule has 0 bridgehead atoms. The van der Waals surface area contributed by atoms with Crippen molar-refractivity contribution in [3.8, 4) is 5.75 Å². The quantitative estimate of drug-likeness (QED) is 0.111. The first-order valence-corrected chi connectivity index (χ1v) is 15.6. The molecule has 0 aromatic heterocycles. The zero-order valence-electron chi connectivity index (χ0n) is 26.0. The highest BCUT2D eigenvalue weighted by Gasteiger charge is 2.23. The summed E-state index contributed by atoms with van der Waals surface area (Å²) in [5, 5.41) is 0. The highest BCUT2D eigenvalue weighted by molar-refractivity contribution is 5.77. The number of carbonyl (C=O) groups excluding carboxylic acids is 1. The minimum atomic E-state index is -0.622. The molecule has 1 aliphatic carbocycles. The fourth-order valence-electron chi connectivity index (χ4n) is 5.61. The van der Waals surface area contributed by atoms with Crippen LogP contribution in [0.15, 0.2) is 91.0 Å². The Bertz CT molecular complexity index is 1540. The summed E-state index contributed by atoms with van der Waals surface area (Å²) in [6.45, 7) is 5.16. The molecule has 5 heteroatoms. The van der Waals surface area contributed by atoms with Gasteiger partial charge in [0, 0.05) is 13.5 Å². The third-order valence-electron chi connectivity index (χ3n) is 8.08. The number of aryl methyl sites for hydroxylation is 3. The summed E-state index contributed by atoms with van der Waals surface area (Å²) in [5.74, 6) is 0.403. The topological polar surface area (TPSA) is 54.0 Å². The fourth-order valence-corrected chi connectivity index (χ4v) is 5.61. The molecule has 4 aromatic carbocycles. The maximum absolute atomic E-state index is 12.1. The highest BCUT2D eigenvalue weighted by atomic mass is 16.6. The van der Waals surface area contributed by atoms with Gasteiger partial charge >= 0.3 is 5.97 Å². The second-order valence-electron chi connectivity index (χ2n) is 11.0. The van der Waals surface area contributed by atoms with E-state index in [4.69, 9.17) is 18.9 Å². The number of carbonyl (C=O) groups is 1. The van der Waals surface area contributed by atoms with E-state index in [1.807, 2.05) is 24.3 Å². The Morgan fingerprint density at radius 2 is 1.36 bits per heavy atom. The van der Waals surface area contributed by atoms with Gasteiger partial charge < -0.3 is 18.9 Å². The molecule has 2 unspecified atom stereocenters. The monoisotopic (exact) mass is 590 g/mol. The molecule has 0 amide bonds. The van der Waals surface area contributed by atoms with Crippen LogP contribution in [-0.2, 0) is 44.7 Å². The highest BCUT2D eigenvalue weighted by Crippen LogP contribution is 2.36. The molecule has 1 aliphatic rings. The number of hydrogen-bond donors (Lipinski definition) is 0. The number of ether oxygens (including phenoxy) is 4. The molecular weight excluding hydrogens is 548 g/mol. The lowest BCUT2D eigenvalue weighted by molar-refractivity contribution is -0.154. The molecular formula is C39H42O5. The van der Waals surface area contributed by atoms with Crippen molar-refractivity contribution in [3.63, 3.8) is 0 Å². The van der Waals surface area contributed by atoms with E-state index >= 15 is 0 Å². The molecule has 0 aliphatic heterocycles. The molecule has 0 radical (unpaired) electrons. The van der Waals surface area contributed by atoms with Crippen molar-refractivity contribution in [1.29, 1.82) is 0 Å². The predicted molar refractivity (Wildman–Crippen MR) is 176 cm³/mol. The zero-order valence-corrected chi connectivity index (χ0v) is 26.0. The molecule has 0 fully saturated rings. The van der Waals surface area contributed by atoms with Crippen LogP contribution in [0.4, 0.5) is 0 Å². The van der Waals surface area contributed by atoms with Gasteiger partial charge in [-0.15, -0.1) is 0 Å². The Hall–Kier alpha value is -4.19. The molecule has 4 aromatic rings. The number of methoxy groups -OCH3 is 1. The smallest absolute Gasteiger partial charge is 0.335 e. The van der Waals surface area contributed by atoms with E-state index in [2.05, 4.69) is 85.8 Å². The van der Waals surface area contributed by atoms with Crippen LogP contribution in [0.2, 0.25) is 0 Å². The summed E-state index contributed by atoms with van der Waals surface area (Å²) >= 11 is 0. The largest absolute Gasteiger partial charge is 0.491 e. The third kappa shape index (κ3) is 8.04. The number of esters is 1. The van der Waals surface area contributed by atoms with E-state index in [0.717, 1.165) is 30.6 Å². The predicted octanol–water partition coefficient (Wildman–Crippen LogP) is 7.82. The van der Waals surface area contributed by atoms with Crippen molar-refractivity contribution < 1.29 is 23.7 Å². The number of hydrogen-bond acceptors (Lipinski definition) is 5. The number of fused-ring (bicyclic) bond motifs is 2. The van der Waals surface area contributed by atoms with Crippen molar-refractivity contribution in [2.45, 2.75) is 51.7 Å². The van der Waals surface area contributed by atoms with E-state index in [9.17, 15) is 4.79 Å². The average molecular weight is 591 g/mol. The van der Waals surface area contributed by atoms with E-state index in [0.29, 0.717) is 26.2 Å². The van der Waals surface area contributed by atoms with Gasteiger partial charge in [0.1, 0.15) is 18.5 Å². The maximum Gasteiger partial charge on any atom is 0.335 e. The van der Waals surface area contributed by atoms with Crippen molar-refractivity contribution >= 4 is 18.1 Å². The summed E-state index contributed by atoms with van der Waals surface area (Å²) < 4.78 is 23.0. The lowest BCUT2D eigenvalue weighted by Gasteiger charge is -2.22. The molecule has 0 N–H and O–H groups in total. The summed E-state index contributed by atoms with van der Waals surface area (Å²) in [6.07, 6.45) is 7.09. The molecule has 44 heavy (non-hydrogen) atoms. The van der Waals surface area contributed by atoms with Crippen molar-refractivity contribution in [2.24, 2.45) is 0 Å². The Morgan fingerprint density at radius 1 is 0.727 bits per heavy atom. The second kappa shape index (κ2) is 15.5. The molecule has 0 saturated carbocycles. The van der Waals surface area contributed by atoms with Gasteiger partial charge in [0.05, 0.1) is 13.2 Å². The lowest BCUT2D eigenvalue weighted by Crippen LogP contribution is -2.27. The molecule has 0 heterocycles. The van der Waals surface area contributed by atoms with E-state index < -0.39 is 6.10 Å². The van der Waals surface area contributed by atoms with Gasteiger partial charge in [0.25, 0.3) is 0 Å². The number of benzene rings is 4. The summed E-state index contributed by atoms with van der Waals surface area (Å²) in [4.78, 5) is 12.1. The molecule has 5 rings (SSSR count). The van der Waals surface area contributed by atoms with Crippen LogP contribution in [0.5, 0.6) is 5.75 Å². The molecule has 5 nitrogen and oxygen atoms in total. The van der Waals surface area contributed by atoms with Gasteiger partial charge in [0.2, 0.25) is 0 Å². The van der Waals surface area contributed by atoms with Gasteiger partial charge in [-0.05, 0) is 82.8 Å².